The van der Waals surface area contributed by atoms with E-state index in [9.17, 15) is 9.59 Å². The summed E-state index contributed by atoms with van der Waals surface area (Å²) in [6.07, 6.45) is 4.67. The van der Waals surface area contributed by atoms with Crippen molar-refractivity contribution in [2.24, 2.45) is 17.1 Å². The summed E-state index contributed by atoms with van der Waals surface area (Å²) in [6, 6.07) is 24.0. The van der Waals surface area contributed by atoms with Crippen LogP contribution in [-0.2, 0) is 28.8 Å². The van der Waals surface area contributed by atoms with Gasteiger partial charge < -0.3 is 15.4 Å². The summed E-state index contributed by atoms with van der Waals surface area (Å²) in [5.74, 6) is -0.0779. The second-order valence-electron chi connectivity index (χ2n) is 11.7. The maximum atomic E-state index is 13.4. The number of nitrogens with two attached hydrogens (primary N) is 1. The first-order valence-corrected chi connectivity index (χ1v) is 13.8. The lowest BCUT2D eigenvalue weighted by Gasteiger charge is -2.38. The molecule has 0 aromatic heterocycles. The van der Waals surface area contributed by atoms with Gasteiger partial charge in [0.15, 0.2) is 0 Å². The molecule has 2 aliphatic carbocycles. The molecule has 39 heavy (non-hydrogen) atoms. The van der Waals surface area contributed by atoms with Gasteiger partial charge in [-0.05, 0) is 71.6 Å². The van der Waals surface area contributed by atoms with Gasteiger partial charge in [-0.25, -0.2) is 0 Å². The quantitative estimate of drug-likeness (QED) is 0.381. The van der Waals surface area contributed by atoms with Crippen LogP contribution in [0.15, 0.2) is 78.4 Å². The first kappa shape index (κ1) is 26.9. The van der Waals surface area contributed by atoms with Crippen LogP contribution in [0.1, 0.15) is 64.5 Å². The fourth-order valence-corrected chi connectivity index (χ4v) is 6.20. The number of benzene rings is 3. The van der Waals surface area contributed by atoms with Crippen LogP contribution in [-0.4, -0.2) is 36.9 Å². The Morgan fingerprint density at radius 1 is 0.974 bits per heavy atom. The van der Waals surface area contributed by atoms with Crippen molar-refractivity contribution in [3.8, 4) is 0 Å². The zero-order valence-electron chi connectivity index (χ0n) is 23.3. The lowest BCUT2D eigenvalue weighted by Crippen LogP contribution is -2.39. The van der Waals surface area contributed by atoms with Gasteiger partial charge in [0.25, 0.3) is 5.91 Å². The van der Waals surface area contributed by atoms with E-state index in [0.29, 0.717) is 24.3 Å². The fraction of sp³-hybridized carbons (Fsp3) is 0.353. The molecule has 0 radical (unpaired) electrons. The molecule has 202 valence electrons. The van der Waals surface area contributed by atoms with Crippen molar-refractivity contribution >= 4 is 18.0 Å². The predicted octanol–water partition coefficient (Wildman–Crippen LogP) is 5.77. The number of ether oxygens (including phenoxy) is 1. The SMILES string of the molecule is CC(C)C[C@H](N)C(=O)O[C@H]1c2ccccc2C[C@]1(Cc1ccc(C(=O)N(C)C)cc1)C1=Cc2ccccc2C1. The Labute approximate surface area is 231 Å². The average molecular weight is 523 g/mol. The molecule has 2 N–H and O–H groups in total. The minimum absolute atomic E-state index is 0.0237. The van der Waals surface area contributed by atoms with Crippen LogP contribution in [0.3, 0.4) is 0 Å². The smallest absolute Gasteiger partial charge is 0.323 e. The molecule has 5 rings (SSSR count). The molecule has 0 spiro atoms. The molecule has 2 aliphatic rings. The van der Waals surface area contributed by atoms with Crippen molar-refractivity contribution in [1.82, 2.24) is 4.90 Å². The molecule has 0 unspecified atom stereocenters. The predicted molar refractivity (Wildman–Crippen MR) is 155 cm³/mol. The van der Waals surface area contributed by atoms with E-state index in [0.717, 1.165) is 24.0 Å². The van der Waals surface area contributed by atoms with E-state index >= 15 is 0 Å². The molecule has 3 atom stereocenters. The monoisotopic (exact) mass is 522 g/mol. The number of esters is 1. The normalized spacial score (nSPS) is 20.3. The van der Waals surface area contributed by atoms with Gasteiger partial charge in [-0.3, -0.25) is 9.59 Å². The summed E-state index contributed by atoms with van der Waals surface area (Å²) in [5, 5.41) is 0. The molecular weight excluding hydrogens is 484 g/mol. The van der Waals surface area contributed by atoms with Crippen molar-refractivity contribution in [3.63, 3.8) is 0 Å². The number of fused-ring (bicyclic) bond motifs is 2. The van der Waals surface area contributed by atoms with E-state index in [1.54, 1.807) is 19.0 Å². The molecule has 5 nitrogen and oxygen atoms in total. The minimum atomic E-state index is -0.665. The van der Waals surface area contributed by atoms with Crippen LogP contribution >= 0.6 is 0 Å². The number of hydrogen-bond donors (Lipinski definition) is 1. The molecule has 0 heterocycles. The number of carbonyl (C=O) groups excluding carboxylic acids is 2. The first-order valence-electron chi connectivity index (χ1n) is 13.8. The fourth-order valence-electron chi connectivity index (χ4n) is 6.20. The van der Waals surface area contributed by atoms with E-state index in [1.807, 2.05) is 30.3 Å². The van der Waals surface area contributed by atoms with Crippen LogP contribution in [0.4, 0.5) is 0 Å². The van der Waals surface area contributed by atoms with Crippen molar-refractivity contribution in [1.29, 1.82) is 0 Å². The van der Waals surface area contributed by atoms with E-state index in [-0.39, 0.29) is 11.9 Å². The Balaban J connectivity index is 1.57. The first-order chi connectivity index (χ1) is 18.7. The number of hydrogen-bond acceptors (Lipinski definition) is 4. The zero-order chi connectivity index (χ0) is 27.7. The molecule has 0 fully saturated rings. The molecule has 3 aromatic rings. The average Bonchev–Trinajstić information content (AvgIpc) is 3.48. The minimum Gasteiger partial charge on any atom is -0.455 e. The standard InChI is InChI=1S/C34H38N2O3/c1-22(2)17-30(35)33(38)39-31-29-12-8-7-11-27(29)21-34(31,28-18-25-9-5-6-10-26(25)19-28)20-23-13-15-24(16-14-23)32(37)36(3)4/h5-16,18,22,30-31H,17,19-21,35H2,1-4H3/t30-,31-,34+/m0/s1. The molecule has 0 saturated carbocycles. The third-order valence-electron chi connectivity index (χ3n) is 8.14. The molecule has 0 saturated heterocycles. The highest BCUT2D eigenvalue weighted by molar-refractivity contribution is 5.93. The molecule has 0 bridgehead atoms. The van der Waals surface area contributed by atoms with Gasteiger partial charge >= 0.3 is 5.97 Å². The summed E-state index contributed by atoms with van der Waals surface area (Å²) in [7, 11) is 3.52. The highest BCUT2D eigenvalue weighted by Crippen LogP contribution is 2.56. The second kappa shape index (κ2) is 10.8. The van der Waals surface area contributed by atoms with Crippen molar-refractivity contribution in [2.45, 2.75) is 51.7 Å². The van der Waals surface area contributed by atoms with Crippen molar-refractivity contribution in [2.75, 3.05) is 14.1 Å². The molecule has 1 amide bonds. The number of carbonyl (C=O) groups is 2. The third-order valence-corrected chi connectivity index (χ3v) is 8.14. The van der Waals surface area contributed by atoms with Crippen molar-refractivity contribution in [3.05, 3.63) is 112 Å². The van der Waals surface area contributed by atoms with Gasteiger partial charge in [0.2, 0.25) is 0 Å². The van der Waals surface area contributed by atoms with Gasteiger partial charge in [0.05, 0.1) is 0 Å². The maximum Gasteiger partial charge on any atom is 0.323 e. The van der Waals surface area contributed by atoms with Gasteiger partial charge in [-0.2, -0.15) is 0 Å². The second-order valence-corrected chi connectivity index (χ2v) is 11.7. The van der Waals surface area contributed by atoms with Gasteiger partial charge in [-0.15, -0.1) is 0 Å². The summed E-state index contributed by atoms with van der Waals surface area (Å²) < 4.78 is 6.43. The lowest BCUT2D eigenvalue weighted by atomic mass is 9.70. The van der Waals surface area contributed by atoms with Crippen LogP contribution in [0.25, 0.3) is 6.08 Å². The summed E-state index contributed by atoms with van der Waals surface area (Å²) in [4.78, 5) is 27.5. The topological polar surface area (TPSA) is 72.6 Å². The van der Waals surface area contributed by atoms with Gasteiger partial charge in [0.1, 0.15) is 12.1 Å². The van der Waals surface area contributed by atoms with E-state index in [4.69, 9.17) is 10.5 Å². The maximum absolute atomic E-state index is 13.4. The summed E-state index contributed by atoms with van der Waals surface area (Å²) in [6.45, 7) is 4.13. The summed E-state index contributed by atoms with van der Waals surface area (Å²) >= 11 is 0. The van der Waals surface area contributed by atoms with Crippen LogP contribution in [0.5, 0.6) is 0 Å². The Hall–Kier alpha value is -3.70. The van der Waals surface area contributed by atoms with Crippen LogP contribution < -0.4 is 5.73 Å². The highest BCUT2D eigenvalue weighted by atomic mass is 16.5. The molecule has 3 aromatic carbocycles. The Morgan fingerprint density at radius 2 is 1.64 bits per heavy atom. The van der Waals surface area contributed by atoms with Crippen LogP contribution in [0.2, 0.25) is 0 Å². The molecule has 5 heteroatoms. The van der Waals surface area contributed by atoms with Crippen LogP contribution in [0, 0.1) is 11.3 Å². The van der Waals surface area contributed by atoms with Crippen molar-refractivity contribution < 1.29 is 14.3 Å². The van der Waals surface area contributed by atoms with E-state index < -0.39 is 17.6 Å². The van der Waals surface area contributed by atoms with E-state index in [1.165, 1.54) is 22.3 Å². The Morgan fingerprint density at radius 3 is 2.31 bits per heavy atom. The van der Waals surface area contributed by atoms with Gasteiger partial charge in [0, 0.05) is 25.1 Å². The highest BCUT2D eigenvalue weighted by Gasteiger charge is 2.51. The number of rotatable bonds is 8. The Kier molecular flexibility index (Phi) is 7.46. The largest absolute Gasteiger partial charge is 0.455 e. The molecular formula is C34H38N2O3. The summed E-state index contributed by atoms with van der Waals surface area (Å²) in [5.41, 5.74) is 13.6. The third kappa shape index (κ3) is 5.28. The number of amides is 1. The Bertz CT molecular complexity index is 1410. The zero-order valence-corrected chi connectivity index (χ0v) is 23.3. The lowest BCUT2D eigenvalue weighted by molar-refractivity contribution is -0.156. The van der Waals surface area contributed by atoms with Gasteiger partial charge in [-0.1, -0.05) is 86.2 Å². The van der Waals surface area contributed by atoms with E-state index in [2.05, 4.69) is 62.4 Å². The molecule has 0 aliphatic heterocycles. The number of nitrogens with zero attached hydrogens (tertiary/aromatic N) is 1.